The van der Waals surface area contributed by atoms with Crippen LogP contribution in [0.2, 0.25) is 0 Å². The SMILES string of the molecule is CC(C)CC1(CNc2cc(N)nc(N)n2)CCCC1. The Morgan fingerprint density at radius 1 is 1.26 bits per heavy atom. The first-order valence-corrected chi connectivity index (χ1v) is 7.13. The van der Waals surface area contributed by atoms with Crippen LogP contribution in [-0.4, -0.2) is 16.5 Å². The standard InChI is InChI=1S/C14H25N5/c1-10(2)8-14(5-3-4-6-14)9-17-12-7-11(15)18-13(16)19-12/h7,10H,3-6,8-9H2,1-2H3,(H5,15,16,17,18,19). The Morgan fingerprint density at radius 2 is 1.95 bits per heavy atom. The molecule has 2 rings (SSSR count). The van der Waals surface area contributed by atoms with E-state index >= 15 is 0 Å². The third-order valence-electron chi connectivity index (χ3n) is 3.91. The zero-order valence-corrected chi connectivity index (χ0v) is 11.9. The van der Waals surface area contributed by atoms with Gasteiger partial charge in [0.15, 0.2) is 0 Å². The highest BCUT2D eigenvalue weighted by molar-refractivity contribution is 5.48. The number of nitrogens with zero attached hydrogens (tertiary/aromatic N) is 2. The molecule has 5 N–H and O–H groups in total. The summed E-state index contributed by atoms with van der Waals surface area (Å²) in [6.45, 7) is 5.53. The number of hydrogen-bond donors (Lipinski definition) is 3. The second kappa shape index (κ2) is 5.63. The van der Waals surface area contributed by atoms with Gasteiger partial charge in [0.05, 0.1) is 0 Å². The molecule has 106 valence electrons. The van der Waals surface area contributed by atoms with Crippen molar-refractivity contribution in [3.63, 3.8) is 0 Å². The largest absolute Gasteiger partial charge is 0.383 e. The zero-order chi connectivity index (χ0) is 13.9. The molecule has 19 heavy (non-hydrogen) atoms. The minimum absolute atomic E-state index is 0.229. The molecule has 1 saturated carbocycles. The van der Waals surface area contributed by atoms with Crippen LogP contribution >= 0.6 is 0 Å². The summed E-state index contributed by atoms with van der Waals surface area (Å²) in [7, 11) is 0. The fraction of sp³-hybridized carbons (Fsp3) is 0.714. The van der Waals surface area contributed by atoms with Gasteiger partial charge >= 0.3 is 0 Å². The van der Waals surface area contributed by atoms with Gasteiger partial charge < -0.3 is 16.8 Å². The number of nitrogens with one attached hydrogen (secondary N) is 1. The third-order valence-corrected chi connectivity index (χ3v) is 3.91. The van der Waals surface area contributed by atoms with Crippen molar-refractivity contribution >= 4 is 17.6 Å². The van der Waals surface area contributed by atoms with Crippen LogP contribution in [-0.2, 0) is 0 Å². The van der Waals surface area contributed by atoms with Gasteiger partial charge in [-0.05, 0) is 30.6 Å². The maximum absolute atomic E-state index is 5.69. The molecule has 0 amide bonds. The lowest BCUT2D eigenvalue weighted by Crippen LogP contribution is -2.29. The summed E-state index contributed by atoms with van der Waals surface area (Å²) in [4.78, 5) is 8.06. The fourth-order valence-corrected chi connectivity index (χ4v) is 3.30. The van der Waals surface area contributed by atoms with Crippen LogP contribution in [0, 0.1) is 11.3 Å². The molecule has 0 bridgehead atoms. The molecule has 1 aliphatic carbocycles. The van der Waals surface area contributed by atoms with Gasteiger partial charge in [-0.15, -0.1) is 0 Å². The first-order chi connectivity index (χ1) is 8.99. The monoisotopic (exact) mass is 263 g/mol. The van der Waals surface area contributed by atoms with Crippen LogP contribution in [0.1, 0.15) is 46.0 Å². The molecule has 0 saturated heterocycles. The van der Waals surface area contributed by atoms with E-state index in [-0.39, 0.29) is 5.95 Å². The lowest BCUT2D eigenvalue weighted by molar-refractivity contribution is 0.252. The lowest BCUT2D eigenvalue weighted by atomic mass is 9.78. The molecule has 0 aromatic carbocycles. The Balaban J connectivity index is 2.02. The first kappa shape index (κ1) is 13.9. The van der Waals surface area contributed by atoms with Gasteiger partial charge in [0.25, 0.3) is 0 Å². The fourth-order valence-electron chi connectivity index (χ4n) is 3.30. The average molecular weight is 263 g/mol. The van der Waals surface area contributed by atoms with Gasteiger partial charge in [-0.1, -0.05) is 26.7 Å². The van der Waals surface area contributed by atoms with Gasteiger partial charge in [-0.25, -0.2) is 0 Å². The van der Waals surface area contributed by atoms with Crippen LogP contribution < -0.4 is 16.8 Å². The molecule has 5 nitrogen and oxygen atoms in total. The molecule has 1 fully saturated rings. The lowest BCUT2D eigenvalue weighted by Gasteiger charge is -2.31. The predicted octanol–water partition coefficient (Wildman–Crippen LogP) is 2.66. The van der Waals surface area contributed by atoms with Crippen molar-refractivity contribution in [1.82, 2.24) is 9.97 Å². The molecule has 0 radical (unpaired) electrons. The zero-order valence-electron chi connectivity index (χ0n) is 11.9. The topological polar surface area (TPSA) is 89.8 Å². The molecule has 0 unspecified atom stereocenters. The van der Waals surface area contributed by atoms with E-state index < -0.39 is 0 Å². The van der Waals surface area contributed by atoms with E-state index in [1.54, 1.807) is 6.07 Å². The Hall–Kier alpha value is -1.52. The normalized spacial score (nSPS) is 17.8. The van der Waals surface area contributed by atoms with Crippen molar-refractivity contribution in [2.45, 2.75) is 46.0 Å². The maximum atomic E-state index is 5.69. The molecular formula is C14H25N5. The van der Waals surface area contributed by atoms with Crippen molar-refractivity contribution in [3.05, 3.63) is 6.07 Å². The second-order valence-electron chi connectivity index (χ2n) is 6.19. The summed E-state index contributed by atoms with van der Waals surface area (Å²) in [5.41, 5.74) is 11.7. The highest BCUT2D eigenvalue weighted by atomic mass is 15.1. The smallest absolute Gasteiger partial charge is 0.223 e. The molecule has 0 atom stereocenters. The molecule has 1 aromatic rings. The molecule has 5 heteroatoms. The minimum Gasteiger partial charge on any atom is -0.383 e. The summed E-state index contributed by atoms with van der Waals surface area (Å²) < 4.78 is 0. The highest BCUT2D eigenvalue weighted by Crippen LogP contribution is 2.43. The molecule has 1 aromatic heterocycles. The molecule has 0 spiro atoms. The summed E-state index contributed by atoms with van der Waals surface area (Å²) in [6.07, 6.45) is 6.53. The number of rotatable bonds is 5. The Kier molecular flexibility index (Phi) is 4.12. The Morgan fingerprint density at radius 3 is 2.53 bits per heavy atom. The van der Waals surface area contributed by atoms with Gasteiger partial charge in [-0.3, -0.25) is 0 Å². The first-order valence-electron chi connectivity index (χ1n) is 7.13. The number of aromatic nitrogens is 2. The van der Waals surface area contributed by atoms with Crippen LogP contribution in [0.3, 0.4) is 0 Å². The van der Waals surface area contributed by atoms with E-state index in [0.717, 1.165) is 18.3 Å². The van der Waals surface area contributed by atoms with E-state index in [0.29, 0.717) is 11.2 Å². The number of anilines is 3. The van der Waals surface area contributed by atoms with Crippen LogP contribution in [0.5, 0.6) is 0 Å². The Labute approximate surface area is 115 Å². The molecule has 0 aliphatic heterocycles. The van der Waals surface area contributed by atoms with Gasteiger partial charge in [0.2, 0.25) is 5.95 Å². The van der Waals surface area contributed by atoms with Crippen molar-refractivity contribution in [2.24, 2.45) is 11.3 Å². The average Bonchev–Trinajstić information content (AvgIpc) is 2.73. The van der Waals surface area contributed by atoms with Gasteiger partial charge in [-0.2, -0.15) is 9.97 Å². The van der Waals surface area contributed by atoms with E-state index in [1.165, 1.54) is 32.1 Å². The quantitative estimate of drug-likeness (QED) is 0.760. The molecule has 1 aliphatic rings. The van der Waals surface area contributed by atoms with Crippen molar-refractivity contribution in [1.29, 1.82) is 0 Å². The second-order valence-corrected chi connectivity index (χ2v) is 6.19. The van der Waals surface area contributed by atoms with Crippen molar-refractivity contribution in [3.8, 4) is 0 Å². The van der Waals surface area contributed by atoms with Crippen molar-refractivity contribution < 1.29 is 0 Å². The van der Waals surface area contributed by atoms with Crippen molar-refractivity contribution in [2.75, 3.05) is 23.3 Å². The van der Waals surface area contributed by atoms with E-state index in [4.69, 9.17) is 11.5 Å². The predicted molar refractivity (Wildman–Crippen MR) is 79.7 cm³/mol. The number of hydrogen-bond acceptors (Lipinski definition) is 5. The molecule has 1 heterocycles. The van der Waals surface area contributed by atoms with Crippen LogP contribution in [0.15, 0.2) is 6.07 Å². The third kappa shape index (κ3) is 3.72. The van der Waals surface area contributed by atoms with Gasteiger partial charge in [0.1, 0.15) is 11.6 Å². The number of nitrogen functional groups attached to an aromatic ring is 2. The summed E-state index contributed by atoms with van der Waals surface area (Å²) >= 11 is 0. The summed E-state index contributed by atoms with van der Waals surface area (Å²) in [5, 5.41) is 3.40. The van der Waals surface area contributed by atoms with Crippen LogP contribution in [0.25, 0.3) is 0 Å². The molecular weight excluding hydrogens is 238 g/mol. The maximum Gasteiger partial charge on any atom is 0.223 e. The van der Waals surface area contributed by atoms with Crippen LogP contribution in [0.4, 0.5) is 17.6 Å². The van der Waals surface area contributed by atoms with Gasteiger partial charge in [0, 0.05) is 12.6 Å². The van der Waals surface area contributed by atoms with E-state index in [2.05, 4.69) is 29.1 Å². The number of nitrogens with two attached hydrogens (primary N) is 2. The minimum atomic E-state index is 0.229. The highest BCUT2D eigenvalue weighted by Gasteiger charge is 2.34. The van der Waals surface area contributed by atoms with E-state index in [9.17, 15) is 0 Å². The summed E-state index contributed by atoms with van der Waals surface area (Å²) in [6, 6.07) is 1.74. The Bertz CT molecular complexity index is 404. The van der Waals surface area contributed by atoms with E-state index in [1.807, 2.05) is 0 Å². The summed E-state index contributed by atoms with van der Waals surface area (Å²) in [5.74, 6) is 2.10.